The fraction of sp³-hybridized carbons (Fsp3) is 0.118. The van der Waals surface area contributed by atoms with Crippen molar-refractivity contribution in [2.75, 3.05) is 11.9 Å². The van der Waals surface area contributed by atoms with Gasteiger partial charge in [0, 0.05) is 16.7 Å². The molecule has 11 heteroatoms. The lowest BCUT2D eigenvalue weighted by Gasteiger charge is -2.07. The molecule has 1 heterocycles. The van der Waals surface area contributed by atoms with Crippen LogP contribution in [-0.4, -0.2) is 38.7 Å². The largest absolute Gasteiger partial charge is 0.454 e. The van der Waals surface area contributed by atoms with Crippen LogP contribution in [-0.2, 0) is 20.9 Å². The van der Waals surface area contributed by atoms with Gasteiger partial charge in [0.25, 0.3) is 5.91 Å². The van der Waals surface area contributed by atoms with Crippen LogP contribution in [0, 0.1) is 11.6 Å². The SMILES string of the molecule is O=C(COC(=O)Cn1nnc(-c2ccc(Cl)cc2)n1)Nc1cc(F)ccc1F. The molecule has 0 saturated heterocycles. The lowest BCUT2D eigenvalue weighted by atomic mass is 10.2. The minimum absolute atomic E-state index is 0.281. The number of ether oxygens (including phenoxy) is 1. The summed E-state index contributed by atoms with van der Waals surface area (Å²) in [6.07, 6.45) is 0. The summed E-state index contributed by atoms with van der Waals surface area (Å²) in [5.74, 6) is -2.89. The van der Waals surface area contributed by atoms with Crippen LogP contribution in [0.1, 0.15) is 0 Å². The number of rotatable bonds is 6. The molecule has 2 aromatic carbocycles. The number of amides is 1. The van der Waals surface area contributed by atoms with Gasteiger partial charge in [-0.15, -0.1) is 10.2 Å². The smallest absolute Gasteiger partial charge is 0.330 e. The van der Waals surface area contributed by atoms with Crippen molar-refractivity contribution in [3.63, 3.8) is 0 Å². The normalized spacial score (nSPS) is 10.5. The predicted molar refractivity (Wildman–Crippen MR) is 94.2 cm³/mol. The number of nitrogens with zero attached hydrogens (tertiary/aromatic N) is 4. The summed E-state index contributed by atoms with van der Waals surface area (Å²) in [7, 11) is 0. The van der Waals surface area contributed by atoms with Gasteiger partial charge in [-0.1, -0.05) is 11.6 Å². The summed E-state index contributed by atoms with van der Waals surface area (Å²) in [5.41, 5.74) is 0.298. The highest BCUT2D eigenvalue weighted by molar-refractivity contribution is 6.30. The lowest BCUT2D eigenvalue weighted by Crippen LogP contribution is -2.24. The van der Waals surface area contributed by atoms with Gasteiger partial charge in [-0.05, 0) is 41.6 Å². The maximum Gasteiger partial charge on any atom is 0.330 e. The second-order valence-corrected chi connectivity index (χ2v) is 5.92. The van der Waals surface area contributed by atoms with Gasteiger partial charge < -0.3 is 10.1 Å². The Kier molecular flexibility index (Phi) is 5.90. The summed E-state index contributed by atoms with van der Waals surface area (Å²) < 4.78 is 31.3. The zero-order valence-corrected chi connectivity index (χ0v) is 14.9. The molecular formula is C17H12ClF2N5O3. The van der Waals surface area contributed by atoms with E-state index in [2.05, 4.69) is 20.7 Å². The van der Waals surface area contributed by atoms with E-state index in [0.717, 1.165) is 23.0 Å². The lowest BCUT2D eigenvalue weighted by molar-refractivity contribution is -0.148. The molecule has 0 atom stereocenters. The number of nitrogens with one attached hydrogen (secondary N) is 1. The van der Waals surface area contributed by atoms with E-state index in [-0.39, 0.29) is 18.1 Å². The zero-order chi connectivity index (χ0) is 20.1. The Balaban J connectivity index is 1.51. The summed E-state index contributed by atoms with van der Waals surface area (Å²) in [5, 5.41) is 14.2. The van der Waals surface area contributed by atoms with Gasteiger partial charge in [0.15, 0.2) is 13.2 Å². The molecule has 1 N–H and O–H groups in total. The van der Waals surface area contributed by atoms with E-state index in [1.54, 1.807) is 24.3 Å². The molecule has 0 aliphatic heterocycles. The standard InChI is InChI=1S/C17H12ClF2N5O3/c18-11-3-1-10(2-4-11)17-22-24-25(23-17)8-16(27)28-9-15(26)21-14-7-12(19)5-6-13(14)20/h1-7H,8-9H2,(H,21,26). The third kappa shape index (κ3) is 5.07. The summed E-state index contributed by atoms with van der Waals surface area (Å²) >= 11 is 5.81. The van der Waals surface area contributed by atoms with E-state index in [9.17, 15) is 18.4 Å². The fourth-order valence-corrected chi connectivity index (χ4v) is 2.24. The van der Waals surface area contributed by atoms with E-state index in [1.165, 1.54) is 0 Å². The van der Waals surface area contributed by atoms with Crippen LogP contribution in [0.4, 0.5) is 14.5 Å². The molecule has 0 saturated carbocycles. The Morgan fingerprint density at radius 2 is 1.89 bits per heavy atom. The Morgan fingerprint density at radius 1 is 1.14 bits per heavy atom. The van der Waals surface area contributed by atoms with Gasteiger partial charge >= 0.3 is 5.97 Å². The third-order valence-electron chi connectivity index (χ3n) is 3.39. The molecule has 3 aromatic rings. The third-order valence-corrected chi connectivity index (χ3v) is 3.64. The maximum atomic E-state index is 13.5. The Bertz CT molecular complexity index is 1010. The summed E-state index contributed by atoms with van der Waals surface area (Å²) in [4.78, 5) is 24.5. The van der Waals surface area contributed by atoms with E-state index in [0.29, 0.717) is 10.6 Å². The van der Waals surface area contributed by atoms with Gasteiger partial charge in [0.2, 0.25) is 5.82 Å². The zero-order valence-electron chi connectivity index (χ0n) is 14.1. The van der Waals surface area contributed by atoms with Crippen molar-refractivity contribution < 1.29 is 23.1 Å². The molecule has 1 aromatic heterocycles. The Hall–Kier alpha value is -3.40. The van der Waals surface area contributed by atoms with E-state index >= 15 is 0 Å². The van der Waals surface area contributed by atoms with Crippen LogP contribution in [0.25, 0.3) is 11.4 Å². The van der Waals surface area contributed by atoms with Crippen LogP contribution < -0.4 is 5.32 Å². The molecule has 0 aliphatic carbocycles. The average Bonchev–Trinajstić information content (AvgIpc) is 3.12. The quantitative estimate of drug-likeness (QED) is 0.630. The number of hydrogen-bond donors (Lipinski definition) is 1. The predicted octanol–water partition coefficient (Wildman–Crippen LogP) is 2.45. The second-order valence-electron chi connectivity index (χ2n) is 5.48. The van der Waals surface area contributed by atoms with Crippen molar-refractivity contribution in [2.45, 2.75) is 6.54 Å². The number of halogens is 3. The Morgan fingerprint density at radius 3 is 2.64 bits per heavy atom. The van der Waals surface area contributed by atoms with Gasteiger partial charge in [0.05, 0.1) is 5.69 Å². The fourth-order valence-electron chi connectivity index (χ4n) is 2.11. The number of esters is 1. The van der Waals surface area contributed by atoms with Crippen molar-refractivity contribution in [1.82, 2.24) is 20.2 Å². The average molecular weight is 408 g/mol. The van der Waals surface area contributed by atoms with Gasteiger partial charge in [-0.3, -0.25) is 4.79 Å². The highest BCUT2D eigenvalue weighted by Gasteiger charge is 2.13. The van der Waals surface area contributed by atoms with Gasteiger partial charge in [-0.2, -0.15) is 4.80 Å². The first-order valence-corrected chi connectivity index (χ1v) is 8.23. The van der Waals surface area contributed by atoms with Crippen LogP contribution in [0.3, 0.4) is 0 Å². The number of tetrazole rings is 1. The number of benzene rings is 2. The monoisotopic (exact) mass is 407 g/mol. The van der Waals surface area contributed by atoms with Crippen molar-refractivity contribution in [3.05, 3.63) is 59.1 Å². The number of carbonyl (C=O) groups is 2. The molecule has 0 spiro atoms. The summed E-state index contributed by atoms with van der Waals surface area (Å²) in [6.45, 7) is -1.07. The first-order chi connectivity index (χ1) is 13.4. The first kappa shape index (κ1) is 19.4. The molecule has 0 fully saturated rings. The molecule has 28 heavy (non-hydrogen) atoms. The van der Waals surface area contributed by atoms with E-state index in [4.69, 9.17) is 16.3 Å². The number of aromatic nitrogens is 4. The highest BCUT2D eigenvalue weighted by Crippen LogP contribution is 2.17. The van der Waals surface area contributed by atoms with Gasteiger partial charge in [-0.25, -0.2) is 13.6 Å². The number of anilines is 1. The van der Waals surface area contributed by atoms with E-state index in [1.807, 2.05) is 0 Å². The minimum atomic E-state index is -0.828. The molecular weight excluding hydrogens is 396 g/mol. The second kappa shape index (κ2) is 8.53. The summed E-state index contributed by atoms with van der Waals surface area (Å²) in [6, 6.07) is 9.29. The molecule has 0 radical (unpaired) electrons. The first-order valence-electron chi connectivity index (χ1n) is 7.85. The van der Waals surface area contributed by atoms with Crippen LogP contribution in [0.5, 0.6) is 0 Å². The Labute approximate surface area is 162 Å². The topological polar surface area (TPSA) is 99.0 Å². The van der Waals surface area contributed by atoms with Crippen molar-refractivity contribution in [1.29, 1.82) is 0 Å². The highest BCUT2D eigenvalue weighted by atomic mass is 35.5. The van der Waals surface area contributed by atoms with Crippen LogP contribution in [0.15, 0.2) is 42.5 Å². The number of hydrogen-bond acceptors (Lipinski definition) is 6. The molecule has 0 bridgehead atoms. The maximum absolute atomic E-state index is 13.5. The van der Waals surface area contributed by atoms with Crippen molar-refractivity contribution in [2.24, 2.45) is 0 Å². The van der Waals surface area contributed by atoms with Gasteiger partial charge in [0.1, 0.15) is 11.6 Å². The minimum Gasteiger partial charge on any atom is -0.454 e. The molecule has 1 amide bonds. The molecule has 144 valence electrons. The van der Waals surface area contributed by atoms with Crippen LogP contribution in [0.2, 0.25) is 5.02 Å². The van der Waals surface area contributed by atoms with E-state index < -0.39 is 30.1 Å². The van der Waals surface area contributed by atoms with Crippen molar-refractivity contribution >= 4 is 29.2 Å². The molecule has 0 unspecified atom stereocenters. The molecule has 3 rings (SSSR count). The molecule has 0 aliphatic rings. The van der Waals surface area contributed by atoms with Crippen molar-refractivity contribution in [3.8, 4) is 11.4 Å². The molecule has 8 nitrogen and oxygen atoms in total. The van der Waals surface area contributed by atoms with Crippen LogP contribution >= 0.6 is 11.6 Å². The number of carbonyl (C=O) groups excluding carboxylic acids is 2.